The normalized spacial score (nSPS) is 10.6. The number of ether oxygens (including phenoxy) is 2. The quantitative estimate of drug-likeness (QED) is 0.389. The smallest absolute Gasteiger partial charge is 0.312 e. The first kappa shape index (κ1) is 20.2. The summed E-state index contributed by atoms with van der Waals surface area (Å²) in [4.78, 5) is 22.2. The summed E-state index contributed by atoms with van der Waals surface area (Å²) in [5.41, 5.74) is 2.60. The van der Waals surface area contributed by atoms with Crippen LogP contribution in [0, 0.1) is 10.1 Å². The number of nitro groups is 1. The molecule has 9 nitrogen and oxygen atoms in total. The highest BCUT2D eigenvalue weighted by atomic mass is 79.9. The van der Waals surface area contributed by atoms with Crippen LogP contribution >= 0.6 is 15.9 Å². The van der Waals surface area contributed by atoms with Crippen molar-refractivity contribution in [2.24, 2.45) is 5.10 Å². The molecule has 0 unspecified atom stereocenters. The molecule has 0 spiro atoms. The van der Waals surface area contributed by atoms with Crippen molar-refractivity contribution in [2.75, 3.05) is 14.2 Å². The van der Waals surface area contributed by atoms with Gasteiger partial charge in [-0.15, -0.1) is 0 Å². The zero-order valence-electron chi connectivity index (χ0n) is 14.4. The minimum atomic E-state index is -0.715. The van der Waals surface area contributed by atoms with Crippen LogP contribution in [0.5, 0.6) is 17.2 Å². The number of methoxy groups -OCH3 is 2. The van der Waals surface area contributed by atoms with Crippen molar-refractivity contribution in [1.82, 2.24) is 5.43 Å². The summed E-state index contributed by atoms with van der Waals surface area (Å²) in [6.07, 6.45) is 1.15. The van der Waals surface area contributed by atoms with Crippen molar-refractivity contribution >= 4 is 33.7 Å². The lowest BCUT2D eigenvalue weighted by molar-refractivity contribution is -0.385. The van der Waals surface area contributed by atoms with Gasteiger partial charge in [-0.2, -0.15) is 5.10 Å². The van der Waals surface area contributed by atoms with E-state index in [2.05, 4.69) is 26.5 Å². The van der Waals surface area contributed by atoms with Gasteiger partial charge in [0.05, 0.1) is 31.8 Å². The highest BCUT2D eigenvalue weighted by molar-refractivity contribution is 9.10. The molecular formula is C17H16BrN3O6. The largest absolute Gasteiger partial charge is 0.502 e. The Morgan fingerprint density at radius 1 is 1.30 bits per heavy atom. The SMILES string of the molecule is COc1ccc(CC(=O)NN=Cc2cc(Br)cc([N+](=O)[O-])c2O)cc1OC. The van der Waals surface area contributed by atoms with Crippen LogP contribution in [0.1, 0.15) is 11.1 Å². The van der Waals surface area contributed by atoms with E-state index in [0.717, 1.165) is 6.21 Å². The van der Waals surface area contributed by atoms with Crippen molar-refractivity contribution in [2.45, 2.75) is 6.42 Å². The van der Waals surface area contributed by atoms with Crippen LogP contribution in [0.4, 0.5) is 5.69 Å². The fraction of sp³-hybridized carbons (Fsp3) is 0.176. The number of benzene rings is 2. The molecule has 0 fully saturated rings. The molecule has 0 saturated heterocycles. The number of hydrogen-bond donors (Lipinski definition) is 2. The molecule has 0 aliphatic rings. The molecule has 2 aromatic rings. The number of phenolic OH excluding ortho intramolecular Hbond substituents is 1. The molecule has 0 atom stereocenters. The van der Waals surface area contributed by atoms with Gasteiger partial charge in [-0.25, -0.2) is 5.43 Å². The number of halogens is 1. The summed E-state index contributed by atoms with van der Waals surface area (Å²) in [7, 11) is 3.01. The fourth-order valence-electron chi connectivity index (χ4n) is 2.23. The second-order valence-electron chi connectivity index (χ2n) is 5.28. The summed E-state index contributed by atoms with van der Waals surface area (Å²) >= 11 is 3.12. The minimum absolute atomic E-state index is 0.0301. The number of hydrogen-bond acceptors (Lipinski definition) is 7. The van der Waals surface area contributed by atoms with E-state index in [1.165, 1.54) is 26.4 Å². The van der Waals surface area contributed by atoms with E-state index >= 15 is 0 Å². The van der Waals surface area contributed by atoms with E-state index in [1.54, 1.807) is 18.2 Å². The fourth-order valence-corrected chi connectivity index (χ4v) is 2.70. The van der Waals surface area contributed by atoms with Crippen LogP contribution in [-0.2, 0) is 11.2 Å². The van der Waals surface area contributed by atoms with Crippen molar-refractivity contribution in [3.8, 4) is 17.2 Å². The molecule has 0 aliphatic carbocycles. The molecule has 10 heteroatoms. The minimum Gasteiger partial charge on any atom is -0.502 e. The first-order valence-electron chi connectivity index (χ1n) is 7.55. The Bertz CT molecular complexity index is 900. The van der Waals surface area contributed by atoms with Crippen LogP contribution in [0.2, 0.25) is 0 Å². The van der Waals surface area contributed by atoms with Gasteiger partial charge in [0.15, 0.2) is 11.5 Å². The third kappa shape index (κ3) is 5.17. The van der Waals surface area contributed by atoms with E-state index in [4.69, 9.17) is 9.47 Å². The van der Waals surface area contributed by atoms with Crippen molar-refractivity contribution in [3.05, 3.63) is 56.0 Å². The van der Waals surface area contributed by atoms with E-state index < -0.39 is 22.3 Å². The standard InChI is InChI=1S/C17H16BrN3O6/c1-26-14-4-3-10(5-15(14)27-2)6-16(22)20-19-9-11-7-12(18)8-13(17(11)23)21(24)25/h3-5,7-9,23H,6H2,1-2H3,(H,20,22). The summed E-state index contributed by atoms with van der Waals surface area (Å²) in [5, 5.41) is 24.5. The molecule has 0 saturated carbocycles. The van der Waals surface area contributed by atoms with Gasteiger partial charge in [0.2, 0.25) is 11.7 Å². The second-order valence-corrected chi connectivity index (χ2v) is 6.19. The van der Waals surface area contributed by atoms with Gasteiger partial charge in [-0.1, -0.05) is 22.0 Å². The number of amides is 1. The highest BCUT2D eigenvalue weighted by Crippen LogP contribution is 2.32. The molecule has 2 aromatic carbocycles. The third-order valence-electron chi connectivity index (χ3n) is 3.49. The molecule has 0 bridgehead atoms. The van der Waals surface area contributed by atoms with E-state index in [9.17, 15) is 20.0 Å². The summed E-state index contributed by atoms with van der Waals surface area (Å²) in [6, 6.07) is 7.68. The molecule has 2 rings (SSSR count). The van der Waals surface area contributed by atoms with Crippen LogP contribution in [-0.4, -0.2) is 36.4 Å². The molecule has 142 valence electrons. The van der Waals surface area contributed by atoms with Crippen LogP contribution < -0.4 is 14.9 Å². The average molecular weight is 438 g/mol. The number of nitro benzene ring substituents is 1. The van der Waals surface area contributed by atoms with Gasteiger partial charge < -0.3 is 14.6 Å². The molecule has 0 aliphatic heterocycles. The Labute approximate surface area is 162 Å². The Morgan fingerprint density at radius 2 is 2.00 bits per heavy atom. The zero-order valence-corrected chi connectivity index (χ0v) is 16.0. The molecular weight excluding hydrogens is 422 g/mol. The summed E-state index contributed by atoms with van der Waals surface area (Å²) in [6.45, 7) is 0. The molecule has 27 heavy (non-hydrogen) atoms. The maximum absolute atomic E-state index is 12.0. The topological polar surface area (TPSA) is 123 Å². The molecule has 0 heterocycles. The van der Waals surface area contributed by atoms with Crippen molar-refractivity contribution in [1.29, 1.82) is 0 Å². The molecule has 0 aromatic heterocycles. The monoisotopic (exact) mass is 437 g/mol. The Hall–Kier alpha value is -3.14. The maximum atomic E-state index is 12.0. The number of nitrogens with one attached hydrogen (secondary N) is 1. The molecule has 1 amide bonds. The number of carbonyl (C=O) groups excluding carboxylic acids is 1. The van der Waals surface area contributed by atoms with Crippen molar-refractivity contribution in [3.63, 3.8) is 0 Å². The first-order valence-corrected chi connectivity index (χ1v) is 8.34. The number of phenols is 1. The average Bonchev–Trinajstić information content (AvgIpc) is 2.63. The Kier molecular flexibility index (Phi) is 6.72. The molecule has 2 N–H and O–H groups in total. The summed E-state index contributed by atoms with van der Waals surface area (Å²) in [5.74, 6) is 0.0904. The van der Waals surface area contributed by atoms with Gasteiger partial charge in [-0.3, -0.25) is 14.9 Å². The first-order chi connectivity index (χ1) is 12.8. The van der Waals surface area contributed by atoms with Crippen LogP contribution in [0.25, 0.3) is 0 Å². The Morgan fingerprint density at radius 3 is 2.63 bits per heavy atom. The van der Waals surface area contributed by atoms with E-state index in [-0.39, 0.29) is 12.0 Å². The molecule has 0 radical (unpaired) electrons. The lowest BCUT2D eigenvalue weighted by atomic mass is 10.1. The van der Waals surface area contributed by atoms with Gasteiger partial charge in [-0.05, 0) is 23.8 Å². The number of hydrazone groups is 1. The van der Waals surface area contributed by atoms with Gasteiger partial charge in [0.25, 0.3) is 0 Å². The lowest BCUT2D eigenvalue weighted by Gasteiger charge is -2.09. The van der Waals surface area contributed by atoms with E-state index in [1.807, 2.05) is 0 Å². The number of aromatic hydroxyl groups is 1. The van der Waals surface area contributed by atoms with Crippen LogP contribution in [0.3, 0.4) is 0 Å². The lowest BCUT2D eigenvalue weighted by Crippen LogP contribution is -2.19. The summed E-state index contributed by atoms with van der Waals surface area (Å²) < 4.78 is 10.7. The van der Waals surface area contributed by atoms with Crippen LogP contribution in [0.15, 0.2) is 39.9 Å². The van der Waals surface area contributed by atoms with E-state index in [0.29, 0.717) is 21.5 Å². The predicted molar refractivity (Wildman–Crippen MR) is 101 cm³/mol. The number of nitrogens with zero attached hydrogens (tertiary/aromatic N) is 2. The predicted octanol–water partition coefficient (Wildman–Crippen LogP) is 2.77. The zero-order chi connectivity index (χ0) is 20.0. The second kappa shape index (κ2) is 8.99. The highest BCUT2D eigenvalue weighted by Gasteiger charge is 2.17. The van der Waals surface area contributed by atoms with Gasteiger partial charge >= 0.3 is 5.69 Å². The number of carbonyl (C=O) groups is 1. The van der Waals surface area contributed by atoms with Gasteiger partial charge in [0, 0.05) is 16.1 Å². The Balaban J connectivity index is 2.07. The van der Waals surface area contributed by atoms with Gasteiger partial charge in [0.1, 0.15) is 0 Å². The number of rotatable bonds is 7. The third-order valence-corrected chi connectivity index (χ3v) is 3.94. The maximum Gasteiger partial charge on any atom is 0.312 e. The van der Waals surface area contributed by atoms with Crippen molar-refractivity contribution < 1.29 is 24.3 Å².